The molecule has 10 aromatic rings. The highest BCUT2D eigenvalue weighted by Gasteiger charge is 2.50. The van der Waals surface area contributed by atoms with Crippen molar-refractivity contribution >= 4 is 50.8 Å². The largest absolute Gasteiger partial charge is 0.456 e. The van der Waals surface area contributed by atoms with Crippen molar-refractivity contribution in [2.45, 2.75) is 15.2 Å². The maximum absolute atomic E-state index is 7.21. The lowest BCUT2D eigenvalue weighted by Gasteiger charge is -2.46. The summed E-state index contributed by atoms with van der Waals surface area (Å²) in [7, 11) is 0. The summed E-state index contributed by atoms with van der Waals surface area (Å²) in [5.41, 5.74) is 13.5. The summed E-state index contributed by atoms with van der Waals surface area (Å²) in [5.74, 6) is 1.68. The van der Waals surface area contributed by atoms with Crippen molar-refractivity contribution in [1.82, 2.24) is 0 Å². The molecule has 59 heavy (non-hydrogen) atoms. The molecule has 9 aromatic carbocycles. The van der Waals surface area contributed by atoms with Gasteiger partial charge in [0, 0.05) is 43.4 Å². The van der Waals surface area contributed by atoms with Crippen molar-refractivity contribution in [1.29, 1.82) is 0 Å². The van der Waals surface area contributed by atoms with Crippen LogP contribution in [0.15, 0.2) is 227 Å². The Morgan fingerprint density at radius 2 is 0.983 bits per heavy atom. The number of fused-ring (bicyclic) bond motifs is 11. The third-order valence-electron chi connectivity index (χ3n) is 12.0. The highest BCUT2D eigenvalue weighted by atomic mass is 32.2. The molecular weight excluding hydrogens is 739 g/mol. The first-order chi connectivity index (χ1) is 29.3. The maximum Gasteiger partial charge on any atom is 0.156 e. The Morgan fingerprint density at radius 3 is 1.75 bits per heavy atom. The minimum atomic E-state index is -0.613. The Hall–Kier alpha value is -7.27. The average molecular weight is 774 g/mol. The van der Waals surface area contributed by atoms with Crippen LogP contribution in [-0.4, -0.2) is 0 Å². The molecule has 0 fully saturated rings. The van der Waals surface area contributed by atoms with E-state index >= 15 is 0 Å². The molecule has 278 valence electrons. The normalized spacial score (nSPS) is 13.3. The second-order valence-electron chi connectivity index (χ2n) is 15.2. The third-order valence-corrected chi connectivity index (χ3v) is 13.2. The van der Waals surface area contributed by atoms with Crippen LogP contribution < -0.4 is 9.64 Å². The van der Waals surface area contributed by atoms with E-state index in [4.69, 9.17) is 9.15 Å². The molecule has 0 atom stereocenters. The molecule has 0 bridgehead atoms. The van der Waals surface area contributed by atoms with Gasteiger partial charge in [-0.05, 0) is 88.0 Å². The fraction of sp³-hybridized carbons (Fsp3) is 0.0182. The van der Waals surface area contributed by atoms with Gasteiger partial charge in [-0.15, -0.1) is 0 Å². The van der Waals surface area contributed by atoms with Gasteiger partial charge in [0.1, 0.15) is 16.9 Å². The van der Waals surface area contributed by atoms with E-state index in [0.29, 0.717) is 0 Å². The lowest BCUT2D eigenvalue weighted by Crippen LogP contribution is -2.37. The van der Waals surface area contributed by atoms with Gasteiger partial charge in [0.15, 0.2) is 5.75 Å². The first-order valence-electron chi connectivity index (χ1n) is 20.0. The van der Waals surface area contributed by atoms with Crippen LogP contribution in [-0.2, 0) is 5.41 Å². The maximum atomic E-state index is 7.21. The zero-order valence-corrected chi connectivity index (χ0v) is 32.7. The molecule has 0 aliphatic carbocycles. The van der Waals surface area contributed by atoms with Crippen molar-refractivity contribution in [3.05, 3.63) is 235 Å². The van der Waals surface area contributed by atoms with E-state index in [0.717, 1.165) is 67.2 Å². The molecule has 0 saturated heterocycles. The number of hydrogen-bond donors (Lipinski definition) is 0. The summed E-state index contributed by atoms with van der Waals surface area (Å²) in [6.07, 6.45) is 0. The topological polar surface area (TPSA) is 25.6 Å². The molecule has 4 heteroatoms. The van der Waals surface area contributed by atoms with Crippen molar-refractivity contribution in [3.63, 3.8) is 0 Å². The van der Waals surface area contributed by atoms with Crippen molar-refractivity contribution in [2.75, 3.05) is 4.90 Å². The molecule has 12 rings (SSSR count). The molecule has 1 aromatic heterocycles. The van der Waals surface area contributed by atoms with Crippen LogP contribution in [0.4, 0.5) is 17.1 Å². The van der Waals surface area contributed by atoms with Crippen LogP contribution in [0.25, 0.3) is 44.2 Å². The first kappa shape index (κ1) is 33.8. The summed E-state index contributed by atoms with van der Waals surface area (Å²) in [6.45, 7) is 0. The van der Waals surface area contributed by atoms with Gasteiger partial charge in [0.2, 0.25) is 0 Å². The summed E-state index contributed by atoms with van der Waals surface area (Å²) in [4.78, 5) is 4.82. The Morgan fingerprint density at radius 1 is 0.407 bits per heavy atom. The van der Waals surface area contributed by atoms with E-state index < -0.39 is 5.41 Å². The predicted octanol–water partition coefficient (Wildman–Crippen LogP) is 15.3. The van der Waals surface area contributed by atoms with Crippen LogP contribution in [0.1, 0.15) is 22.3 Å². The lowest BCUT2D eigenvalue weighted by molar-refractivity contribution is 0.432. The molecule has 3 nitrogen and oxygen atoms in total. The highest BCUT2D eigenvalue weighted by molar-refractivity contribution is 7.99. The summed E-state index contributed by atoms with van der Waals surface area (Å²) < 4.78 is 13.7. The van der Waals surface area contributed by atoms with E-state index in [9.17, 15) is 0 Å². The fourth-order valence-electron chi connectivity index (χ4n) is 9.47. The van der Waals surface area contributed by atoms with Gasteiger partial charge in [0.05, 0.1) is 16.8 Å². The number of hydrogen-bond acceptors (Lipinski definition) is 4. The standard InChI is InChI=1S/C55H35NO2S/c1-2-15-36(16-3-1)40-17-4-5-18-41(40)37-29-31-38(32-30-37)56(39-33-34-43-42-19-6-10-25-49(42)57-51(43)35-39)48-24-14-23-47-54(48)58-50-26-11-7-20-44(50)55(47)45-21-8-12-27-52(45)59-53-28-13-9-22-46(53)55/h1-35H. The number of ether oxygens (including phenoxy) is 1. The number of benzene rings is 9. The average Bonchev–Trinajstić information content (AvgIpc) is 3.68. The van der Waals surface area contributed by atoms with E-state index in [2.05, 4.69) is 205 Å². The Labute approximate surface area is 346 Å². The van der Waals surface area contributed by atoms with Gasteiger partial charge in [-0.3, -0.25) is 0 Å². The third kappa shape index (κ3) is 5.16. The number of furan rings is 1. The summed E-state index contributed by atoms with van der Waals surface area (Å²) in [5, 5.41) is 2.19. The first-order valence-corrected chi connectivity index (χ1v) is 20.8. The molecule has 0 radical (unpaired) electrons. The Balaban J connectivity index is 1.10. The van der Waals surface area contributed by atoms with Crippen molar-refractivity contribution in [3.8, 4) is 33.8 Å². The van der Waals surface area contributed by atoms with Gasteiger partial charge in [-0.2, -0.15) is 0 Å². The molecule has 2 aliphatic heterocycles. The molecule has 2 aliphatic rings. The number of anilines is 3. The van der Waals surface area contributed by atoms with Gasteiger partial charge in [-0.25, -0.2) is 0 Å². The zero-order chi connectivity index (χ0) is 38.9. The molecule has 3 heterocycles. The van der Waals surface area contributed by atoms with Crippen molar-refractivity contribution < 1.29 is 9.15 Å². The van der Waals surface area contributed by atoms with E-state index in [-0.39, 0.29) is 0 Å². The summed E-state index contributed by atoms with van der Waals surface area (Å²) in [6, 6.07) is 76.0. The minimum Gasteiger partial charge on any atom is -0.456 e. The quantitative estimate of drug-likeness (QED) is 0.174. The predicted molar refractivity (Wildman–Crippen MR) is 242 cm³/mol. The number of nitrogens with zero attached hydrogens (tertiary/aromatic N) is 1. The van der Waals surface area contributed by atoms with E-state index in [1.54, 1.807) is 0 Å². The van der Waals surface area contributed by atoms with Gasteiger partial charge >= 0.3 is 0 Å². The van der Waals surface area contributed by atoms with Gasteiger partial charge < -0.3 is 14.1 Å². The molecule has 0 N–H and O–H groups in total. The van der Waals surface area contributed by atoms with Crippen LogP contribution in [0.3, 0.4) is 0 Å². The monoisotopic (exact) mass is 773 g/mol. The SMILES string of the molecule is c1ccc(-c2ccccc2-c2ccc(N(c3ccc4c(c3)oc3ccccc34)c3cccc4c3Oc3ccccc3C43c4ccccc4Sc4ccccc43)cc2)cc1. The molecular formula is C55H35NO2S. The van der Waals surface area contributed by atoms with Gasteiger partial charge in [0.25, 0.3) is 0 Å². The Kier molecular flexibility index (Phi) is 7.69. The molecule has 0 saturated carbocycles. The van der Waals surface area contributed by atoms with E-state index in [1.807, 2.05) is 23.9 Å². The minimum absolute atomic E-state index is 0.613. The van der Waals surface area contributed by atoms with Crippen molar-refractivity contribution in [2.24, 2.45) is 0 Å². The van der Waals surface area contributed by atoms with Gasteiger partial charge in [-0.1, -0.05) is 163 Å². The molecule has 0 unspecified atom stereocenters. The smallest absolute Gasteiger partial charge is 0.156 e. The number of para-hydroxylation sites is 3. The van der Waals surface area contributed by atoms with Crippen LogP contribution in [0.2, 0.25) is 0 Å². The summed E-state index contributed by atoms with van der Waals surface area (Å²) >= 11 is 1.84. The second-order valence-corrected chi connectivity index (χ2v) is 16.3. The molecule has 0 amide bonds. The fourth-order valence-corrected chi connectivity index (χ4v) is 10.7. The van der Waals surface area contributed by atoms with Crippen LogP contribution >= 0.6 is 11.8 Å². The second kappa shape index (κ2) is 13.4. The number of rotatable bonds is 5. The van der Waals surface area contributed by atoms with Crippen LogP contribution in [0, 0.1) is 0 Å². The highest BCUT2D eigenvalue weighted by Crippen LogP contribution is 2.63. The Bertz CT molecular complexity index is 3180. The zero-order valence-electron chi connectivity index (χ0n) is 31.9. The lowest BCUT2D eigenvalue weighted by atomic mass is 9.63. The van der Waals surface area contributed by atoms with E-state index in [1.165, 1.54) is 37.6 Å². The molecule has 1 spiro atoms. The van der Waals surface area contributed by atoms with Crippen LogP contribution in [0.5, 0.6) is 11.5 Å².